The first kappa shape index (κ1) is 16.5. The molecule has 1 aliphatic carbocycles. The number of carboxylic acid groups (broad SMARTS) is 1. The van der Waals surface area contributed by atoms with E-state index in [0.29, 0.717) is 12.0 Å². The van der Waals surface area contributed by atoms with Crippen LogP contribution in [0.4, 0.5) is 4.39 Å². The predicted octanol–water partition coefficient (Wildman–Crippen LogP) is 3.47. The Bertz CT molecular complexity index is 603. The molecule has 4 nitrogen and oxygen atoms in total. The van der Waals surface area contributed by atoms with Gasteiger partial charge in [-0.25, -0.2) is 4.39 Å². The molecule has 0 aromatic heterocycles. The summed E-state index contributed by atoms with van der Waals surface area (Å²) < 4.78 is 13.6. The number of benzene rings is 1. The highest BCUT2D eigenvalue weighted by Crippen LogP contribution is 2.24. The molecular weight excluding hydrogens is 309 g/mol. The summed E-state index contributed by atoms with van der Waals surface area (Å²) in [4.78, 5) is 23.3. The van der Waals surface area contributed by atoms with Crippen molar-refractivity contribution in [2.45, 2.75) is 31.7 Å². The van der Waals surface area contributed by atoms with E-state index in [1.54, 1.807) is 0 Å². The number of carboxylic acids is 1. The van der Waals surface area contributed by atoms with Crippen molar-refractivity contribution in [2.24, 2.45) is 5.92 Å². The average molecular weight is 326 g/mol. The van der Waals surface area contributed by atoms with Crippen molar-refractivity contribution in [3.63, 3.8) is 0 Å². The van der Waals surface area contributed by atoms with Gasteiger partial charge in [-0.3, -0.25) is 9.59 Å². The van der Waals surface area contributed by atoms with Crippen molar-refractivity contribution in [2.75, 3.05) is 0 Å². The minimum absolute atomic E-state index is 0.0402. The van der Waals surface area contributed by atoms with Crippen molar-refractivity contribution < 1.29 is 19.1 Å². The van der Waals surface area contributed by atoms with Crippen molar-refractivity contribution in [1.29, 1.82) is 0 Å². The zero-order valence-electron chi connectivity index (χ0n) is 11.9. The molecule has 1 amide bonds. The molecule has 0 aliphatic heterocycles. The molecule has 1 aromatic carbocycles. The molecule has 0 bridgehead atoms. The van der Waals surface area contributed by atoms with Crippen LogP contribution in [0.2, 0.25) is 5.02 Å². The molecule has 0 saturated heterocycles. The number of nitrogens with one attached hydrogen (secondary N) is 1. The predicted molar refractivity (Wildman–Crippen MR) is 81.0 cm³/mol. The van der Waals surface area contributed by atoms with Crippen molar-refractivity contribution in [3.05, 3.63) is 46.8 Å². The van der Waals surface area contributed by atoms with Crippen LogP contribution in [0.5, 0.6) is 0 Å². The summed E-state index contributed by atoms with van der Waals surface area (Å²) in [6, 6.07) is 3.27. The van der Waals surface area contributed by atoms with Crippen LogP contribution in [0.25, 0.3) is 0 Å². The SMILES string of the molecule is O=C(O)CC(NC(=O)C1CC=CCC1)c1ccc(Cl)c(F)c1. The summed E-state index contributed by atoms with van der Waals surface area (Å²) in [5.41, 5.74) is 0.393. The number of carbonyl (C=O) groups excluding carboxylic acids is 1. The molecule has 1 aromatic rings. The Morgan fingerprint density at radius 1 is 1.41 bits per heavy atom. The second kappa shape index (κ2) is 7.40. The highest BCUT2D eigenvalue weighted by molar-refractivity contribution is 6.30. The van der Waals surface area contributed by atoms with E-state index < -0.39 is 17.8 Å². The van der Waals surface area contributed by atoms with Crippen LogP contribution in [-0.2, 0) is 9.59 Å². The van der Waals surface area contributed by atoms with Gasteiger partial charge in [-0.1, -0.05) is 29.8 Å². The minimum Gasteiger partial charge on any atom is -0.481 e. The van der Waals surface area contributed by atoms with E-state index in [1.165, 1.54) is 12.1 Å². The fraction of sp³-hybridized carbons (Fsp3) is 0.375. The number of allylic oxidation sites excluding steroid dienone is 2. The Morgan fingerprint density at radius 3 is 2.77 bits per heavy atom. The van der Waals surface area contributed by atoms with E-state index in [4.69, 9.17) is 16.7 Å². The van der Waals surface area contributed by atoms with Gasteiger partial charge in [0.15, 0.2) is 0 Å². The van der Waals surface area contributed by atoms with E-state index in [2.05, 4.69) is 5.32 Å². The third kappa shape index (κ3) is 4.31. The van der Waals surface area contributed by atoms with Crippen molar-refractivity contribution >= 4 is 23.5 Å². The number of halogens is 2. The molecule has 0 radical (unpaired) electrons. The van der Waals surface area contributed by atoms with Crippen LogP contribution < -0.4 is 5.32 Å². The lowest BCUT2D eigenvalue weighted by atomic mass is 9.92. The number of carbonyl (C=O) groups is 2. The summed E-state index contributed by atoms with van der Waals surface area (Å²) in [5.74, 6) is -2.07. The van der Waals surface area contributed by atoms with Gasteiger partial charge < -0.3 is 10.4 Å². The zero-order chi connectivity index (χ0) is 16.1. The van der Waals surface area contributed by atoms with E-state index in [1.807, 2.05) is 12.2 Å². The summed E-state index contributed by atoms with van der Waals surface area (Å²) in [5, 5.41) is 11.7. The minimum atomic E-state index is -1.07. The lowest BCUT2D eigenvalue weighted by molar-refractivity contribution is -0.138. The molecule has 2 N–H and O–H groups in total. The van der Waals surface area contributed by atoms with Gasteiger partial charge in [0, 0.05) is 5.92 Å². The summed E-state index contributed by atoms with van der Waals surface area (Å²) in [6.45, 7) is 0. The maximum absolute atomic E-state index is 13.6. The van der Waals surface area contributed by atoms with E-state index >= 15 is 0 Å². The standard InChI is InChI=1S/C16H17ClFNO3/c17-12-7-6-11(8-13(12)18)14(9-15(20)21)19-16(22)10-4-2-1-3-5-10/h1-2,6-8,10,14H,3-5,9H2,(H,19,22)(H,20,21). The van der Waals surface area contributed by atoms with Crippen LogP contribution in [-0.4, -0.2) is 17.0 Å². The quantitative estimate of drug-likeness (QED) is 0.815. The normalized spacial score (nSPS) is 18.7. The van der Waals surface area contributed by atoms with E-state index in [9.17, 15) is 14.0 Å². The van der Waals surface area contributed by atoms with Gasteiger partial charge >= 0.3 is 5.97 Å². The zero-order valence-corrected chi connectivity index (χ0v) is 12.6. The third-order valence-electron chi connectivity index (χ3n) is 3.68. The summed E-state index contributed by atoms with van der Waals surface area (Å²) in [6.07, 6.45) is 5.86. The lowest BCUT2D eigenvalue weighted by Gasteiger charge is -2.23. The highest BCUT2D eigenvalue weighted by Gasteiger charge is 2.24. The van der Waals surface area contributed by atoms with Gasteiger partial charge in [0.25, 0.3) is 0 Å². The molecular formula is C16H17ClFNO3. The van der Waals surface area contributed by atoms with Gasteiger partial charge in [-0.15, -0.1) is 0 Å². The first-order valence-electron chi connectivity index (χ1n) is 7.09. The van der Waals surface area contributed by atoms with Crippen LogP contribution in [0.1, 0.15) is 37.3 Å². The van der Waals surface area contributed by atoms with Crippen LogP contribution in [0.15, 0.2) is 30.4 Å². The smallest absolute Gasteiger partial charge is 0.305 e. The van der Waals surface area contributed by atoms with E-state index in [0.717, 1.165) is 18.9 Å². The fourth-order valence-electron chi connectivity index (χ4n) is 2.48. The maximum Gasteiger partial charge on any atom is 0.305 e. The molecule has 1 aliphatic rings. The first-order chi connectivity index (χ1) is 10.5. The van der Waals surface area contributed by atoms with Crippen LogP contribution >= 0.6 is 11.6 Å². The summed E-state index contributed by atoms with van der Waals surface area (Å²) in [7, 11) is 0. The Kier molecular flexibility index (Phi) is 5.55. The highest BCUT2D eigenvalue weighted by atomic mass is 35.5. The molecule has 0 fully saturated rings. The average Bonchev–Trinajstić information content (AvgIpc) is 2.49. The Balaban J connectivity index is 2.14. The molecule has 2 atom stereocenters. The molecule has 2 unspecified atom stereocenters. The third-order valence-corrected chi connectivity index (χ3v) is 3.99. The van der Waals surface area contributed by atoms with Gasteiger partial charge in [0.1, 0.15) is 5.82 Å². The van der Waals surface area contributed by atoms with Gasteiger partial charge in [-0.2, -0.15) is 0 Å². The Morgan fingerprint density at radius 2 is 2.18 bits per heavy atom. The Labute approximate surface area is 133 Å². The largest absolute Gasteiger partial charge is 0.481 e. The number of hydrogen-bond acceptors (Lipinski definition) is 2. The van der Waals surface area contributed by atoms with Crippen molar-refractivity contribution in [3.8, 4) is 0 Å². The van der Waals surface area contributed by atoms with Crippen LogP contribution in [0, 0.1) is 11.7 Å². The number of aliphatic carboxylic acids is 1. The topological polar surface area (TPSA) is 66.4 Å². The van der Waals surface area contributed by atoms with Crippen LogP contribution in [0.3, 0.4) is 0 Å². The molecule has 22 heavy (non-hydrogen) atoms. The van der Waals surface area contributed by atoms with Gasteiger partial charge in [0.05, 0.1) is 17.5 Å². The number of amides is 1. The Hall–Kier alpha value is -1.88. The molecule has 0 saturated carbocycles. The molecule has 0 spiro atoms. The second-order valence-electron chi connectivity index (χ2n) is 5.31. The van der Waals surface area contributed by atoms with Crippen molar-refractivity contribution in [1.82, 2.24) is 5.32 Å². The van der Waals surface area contributed by atoms with Gasteiger partial charge in [0.2, 0.25) is 5.91 Å². The lowest BCUT2D eigenvalue weighted by Crippen LogP contribution is -2.35. The van der Waals surface area contributed by atoms with Gasteiger partial charge in [-0.05, 0) is 37.0 Å². The summed E-state index contributed by atoms with van der Waals surface area (Å²) >= 11 is 5.63. The number of rotatable bonds is 5. The monoisotopic (exact) mass is 325 g/mol. The van der Waals surface area contributed by atoms with E-state index in [-0.39, 0.29) is 23.3 Å². The maximum atomic E-state index is 13.6. The fourth-order valence-corrected chi connectivity index (χ4v) is 2.59. The molecule has 6 heteroatoms. The number of hydrogen-bond donors (Lipinski definition) is 2. The molecule has 118 valence electrons. The molecule has 0 heterocycles. The molecule has 2 rings (SSSR count). The second-order valence-corrected chi connectivity index (χ2v) is 5.72. The first-order valence-corrected chi connectivity index (χ1v) is 7.47.